The van der Waals surface area contributed by atoms with Crippen molar-refractivity contribution < 1.29 is 37.7 Å². The van der Waals surface area contributed by atoms with Crippen LogP contribution >= 0.6 is 20.0 Å². The number of methoxy groups -OCH3 is 1. The highest BCUT2D eigenvalue weighted by Crippen LogP contribution is 2.38. The molecule has 1 saturated heterocycles. The first-order valence-corrected chi connectivity index (χ1v) is 12.0. The van der Waals surface area contributed by atoms with Crippen molar-refractivity contribution >= 4 is 25.1 Å². The molecule has 180 valence electrons. The van der Waals surface area contributed by atoms with Gasteiger partial charge in [0, 0.05) is 35.6 Å². The lowest BCUT2D eigenvalue weighted by atomic mass is 10.1. The molecule has 0 aromatic carbocycles. The van der Waals surface area contributed by atoms with E-state index < -0.39 is 50.7 Å². The number of carbonyl (C=O) groups excluding carboxylic acids is 1. The second kappa shape index (κ2) is 13.3. The molecule has 0 bridgehead atoms. The third-order valence-electron chi connectivity index (χ3n) is 4.44. The van der Waals surface area contributed by atoms with Crippen molar-refractivity contribution in [2.75, 3.05) is 39.3 Å². The molecule has 1 aromatic rings. The monoisotopic (exact) mass is 495 g/mol. The van der Waals surface area contributed by atoms with Crippen LogP contribution in [0.25, 0.3) is 0 Å². The van der Waals surface area contributed by atoms with Gasteiger partial charge in [-0.3, -0.25) is 19.1 Å². The van der Waals surface area contributed by atoms with Gasteiger partial charge >= 0.3 is 13.9 Å². The average Bonchev–Trinajstić information content (AvgIpc) is 3.09. The predicted octanol–water partition coefficient (Wildman–Crippen LogP) is 0.433. The number of ether oxygens (including phenoxy) is 3. The first kappa shape index (κ1) is 26.8. The minimum absolute atomic E-state index is 0.0180. The van der Waals surface area contributed by atoms with E-state index >= 15 is 0 Å². The van der Waals surface area contributed by atoms with Crippen LogP contribution in [-0.2, 0) is 32.6 Å². The van der Waals surface area contributed by atoms with Crippen LogP contribution < -0.4 is 11.2 Å². The van der Waals surface area contributed by atoms with Gasteiger partial charge in [0.2, 0.25) is 0 Å². The summed E-state index contributed by atoms with van der Waals surface area (Å²) in [4.78, 5) is 37.0. The Kier molecular flexibility index (Phi) is 11.2. The summed E-state index contributed by atoms with van der Waals surface area (Å²) < 4.78 is 40.2. The van der Waals surface area contributed by atoms with Crippen molar-refractivity contribution in [2.45, 2.75) is 38.4 Å². The minimum Gasteiger partial charge on any atom is -0.394 e. The van der Waals surface area contributed by atoms with E-state index in [1.165, 1.54) is 25.1 Å². The molecule has 14 heteroatoms. The number of carbonyl (C=O) groups is 1. The molecular weight excluding hydrogens is 467 g/mol. The number of nitrogens with zero attached hydrogens (tertiary/aromatic N) is 1. The molecule has 0 spiro atoms. The molecule has 0 amide bonds. The molecule has 0 radical (unpaired) electrons. The van der Waals surface area contributed by atoms with Crippen molar-refractivity contribution in [3.05, 3.63) is 33.1 Å². The van der Waals surface area contributed by atoms with Crippen molar-refractivity contribution in [3.8, 4) is 0 Å². The first-order chi connectivity index (χ1) is 15.3. The molecule has 2 heterocycles. The van der Waals surface area contributed by atoms with E-state index in [2.05, 4.69) is 4.98 Å². The van der Waals surface area contributed by atoms with Crippen LogP contribution in [0.1, 0.15) is 20.1 Å². The van der Waals surface area contributed by atoms with E-state index in [0.29, 0.717) is 12.4 Å². The summed E-state index contributed by atoms with van der Waals surface area (Å²) >= 11 is 1.19. The average molecular weight is 495 g/mol. The maximum atomic E-state index is 12.2. The quantitative estimate of drug-likeness (QED) is 0.289. The van der Waals surface area contributed by atoms with Crippen LogP contribution in [0.5, 0.6) is 0 Å². The fourth-order valence-corrected chi connectivity index (χ4v) is 4.33. The third kappa shape index (κ3) is 7.56. The summed E-state index contributed by atoms with van der Waals surface area (Å²) in [6, 6.07) is 1.14. The van der Waals surface area contributed by atoms with Gasteiger partial charge in [-0.25, -0.2) is 4.79 Å². The number of H-pyrrole nitrogens is 1. The summed E-state index contributed by atoms with van der Waals surface area (Å²) in [5.74, 6) is 0.475. The van der Waals surface area contributed by atoms with Gasteiger partial charge in [-0.05, 0) is 0 Å². The number of aromatic amines is 1. The number of hydrogen-bond acceptors (Lipinski definition) is 11. The number of aliphatic hydroxyl groups is 1. The van der Waals surface area contributed by atoms with Crippen molar-refractivity contribution in [1.82, 2.24) is 9.55 Å². The Hall–Kier alpha value is -1.44. The highest BCUT2D eigenvalue weighted by molar-refractivity contribution is 8.13. The SMILES string of the molecule is COC1C(O[P+](=O)OCCOCCSC(=O)C(C)C)C(CO)OC1n1ccc(=O)[nH]c1=O. The lowest BCUT2D eigenvalue weighted by molar-refractivity contribution is -0.113. The normalized spacial score (nSPS) is 23.6. The second-order valence-electron chi connectivity index (χ2n) is 7.03. The summed E-state index contributed by atoms with van der Waals surface area (Å²) in [5, 5.41) is 9.71. The second-order valence-corrected chi connectivity index (χ2v) is 9.04. The fraction of sp³-hybridized carbons (Fsp3) is 0.722. The summed E-state index contributed by atoms with van der Waals surface area (Å²) in [6.45, 7) is 3.64. The topological polar surface area (TPSA) is 155 Å². The molecule has 32 heavy (non-hydrogen) atoms. The molecule has 5 unspecified atom stereocenters. The Bertz CT molecular complexity index is 876. The Morgan fingerprint density at radius 2 is 2.06 bits per heavy atom. The number of hydrogen-bond donors (Lipinski definition) is 2. The van der Waals surface area contributed by atoms with Crippen LogP contribution in [-0.4, -0.2) is 77.4 Å². The van der Waals surface area contributed by atoms with Crippen LogP contribution in [0, 0.1) is 5.92 Å². The molecule has 12 nitrogen and oxygen atoms in total. The summed E-state index contributed by atoms with van der Waals surface area (Å²) in [5.41, 5.74) is -1.30. The molecule has 0 aliphatic carbocycles. The molecule has 1 aliphatic heterocycles. The Labute approximate surface area is 189 Å². The number of nitrogens with one attached hydrogen (secondary N) is 1. The van der Waals surface area contributed by atoms with E-state index in [4.69, 9.17) is 23.3 Å². The van der Waals surface area contributed by atoms with Crippen molar-refractivity contribution in [2.24, 2.45) is 5.92 Å². The van der Waals surface area contributed by atoms with Crippen LogP contribution in [0.2, 0.25) is 0 Å². The molecular formula is C18H28N2O10PS+. The zero-order chi connectivity index (χ0) is 23.7. The van der Waals surface area contributed by atoms with E-state index in [1.807, 2.05) is 13.8 Å². The summed E-state index contributed by atoms with van der Waals surface area (Å²) in [6.07, 6.45) is -2.65. The molecule has 0 saturated carbocycles. The van der Waals surface area contributed by atoms with E-state index in [9.17, 15) is 24.1 Å². The maximum Gasteiger partial charge on any atom is 0.697 e. The number of rotatable bonds is 13. The van der Waals surface area contributed by atoms with Gasteiger partial charge in [-0.1, -0.05) is 25.6 Å². The zero-order valence-corrected chi connectivity index (χ0v) is 19.7. The number of thioether (sulfide) groups is 1. The highest BCUT2D eigenvalue weighted by Gasteiger charge is 2.51. The highest BCUT2D eigenvalue weighted by atomic mass is 32.2. The fourth-order valence-electron chi connectivity index (χ4n) is 2.86. The standard InChI is InChI=1S/C18H27N2O10PS/c1-11(2)17(23)32-9-8-27-6-7-28-31(25)30-14-12(10-21)29-16(15(14)26-3)20-5-4-13(22)19-18(20)24/h4-5,11-12,14-16,21H,6-10H2,1-3H3/p+1. The predicted molar refractivity (Wildman–Crippen MR) is 115 cm³/mol. The van der Waals surface area contributed by atoms with E-state index in [1.54, 1.807) is 0 Å². The van der Waals surface area contributed by atoms with E-state index in [-0.39, 0.29) is 24.2 Å². The zero-order valence-electron chi connectivity index (χ0n) is 18.0. The molecule has 5 atom stereocenters. The van der Waals surface area contributed by atoms with E-state index in [0.717, 1.165) is 10.6 Å². The smallest absolute Gasteiger partial charge is 0.394 e. The van der Waals surface area contributed by atoms with Crippen LogP contribution in [0.4, 0.5) is 0 Å². The van der Waals surface area contributed by atoms with Crippen molar-refractivity contribution in [1.29, 1.82) is 0 Å². The van der Waals surface area contributed by atoms with Gasteiger partial charge in [0.1, 0.15) is 18.8 Å². The van der Waals surface area contributed by atoms with Crippen LogP contribution in [0.15, 0.2) is 21.9 Å². The minimum atomic E-state index is -2.61. The lowest BCUT2D eigenvalue weighted by Crippen LogP contribution is -2.39. The van der Waals surface area contributed by atoms with Gasteiger partial charge in [0.05, 0.1) is 19.8 Å². The van der Waals surface area contributed by atoms with Crippen LogP contribution in [0.3, 0.4) is 0 Å². The molecule has 1 aromatic heterocycles. The maximum absolute atomic E-state index is 12.2. The lowest BCUT2D eigenvalue weighted by Gasteiger charge is -2.19. The van der Waals surface area contributed by atoms with Gasteiger partial charge in [0.25, 0.3) is 5.56 Å². The first-order valence-electron chi connectivity index (χ1n) is 9.90. The Morgan fingerprint density at radius 3 is 2.69 bits per heavy atom. The van der Waals surface area contributed by atoms with Gasteiger partial charge < -0.3 is 19.3 Å². The van der Waals surface area contributed by atoms with Gasteiger partial charge in [0.15, 0.2) is 17.4 Å². The van der Waals surface area contributed by atoms with Gasteiger partial charge in [-0.15, -0.1) is 9.05 Å². The largest absolute Gasteiger partial charge is 0.697 e. The number of aromatic nitrogens is 2. The summed E-state index contributed by atoms with van der Waals surface area (Å²) in [7, 11) is -1.26. The Balaban J connectivity index is 1.83. The third-order valence-corrected chi connectivity index (χ3v) is 6.37. The number of aliphatic hydroxyl groups excluding tert-OH is 1. The molecule has 2 rings (SSSR count). The molecule has 1 aliphatic rings. The van der Waals surface area contributed by atoms with Gasteiger partial charge in [-0.2, -0.15) is 0 Å². The Morgan fingerprint density at radius 1 is 1.31 bits per heavy atom. The van der Waals surface area contributed by atoms with Crippen molar-refractivity contribution in [3.63, 3.8) is 0 Å². The molecule has 2 N–H and O–H groups in total. The molecule has 1 fully saturated rings.